The monoisotopic (exact) mass is 460 g/mol. The normalized spacial score (nSPS) is 13.8. The Morgan fingerprint density at radius 2 is 1.26 bits per heavy atom. The van der Waals surface area contributed by atoms with E-state index in [2.05, 4.69) is 51.3 Å². The third kappa shape index (κ3) is 7.72. The lowest BCUT2D eigenvalue weighted by molar-refractivity contribution is -0.428. The van der Waals surface area contributed by atoms with E-state index >= 15 is 0 Å². The number of rotatable bonds is 12. The Morgan fingerprint density at radius 3 is 1.71 bits per heavy atom. The summed E-state index contributed by atoms with van der Waals surface area (Å²) in [5.41, 5.74) is 4.38. The Hall–Kier alpha value is -3.68. The van der Waals surface area contributed by atoms with Crippen molar-refractivity contribution in [2.24, 2.45) is 20.5 Å². The zero-order valence-corrected chi connectivity index (χ0v) is 19.9. The number of hydrogen-bond donors (Lipinski definition) is 0. The number of unbranched alkanes of at least 4 members (excludes halogenated alkanes) is 2. The van der Waals surface area contributed by atoms with Crippen molar-refractivity contribution in [1.29, 1.82) is 0 Å². The fourth-order valence-electron chi connectivity index (χ4n) is 3.47. The van der Waals surface area contributed by atoms with Crippen LogP contribution in [0.4, 0.5) is 22.7 Å². The van der Waals surface area contributed by atoms with E-state index in [0.29, 0.717) is 18.5 Å². The summed E-state index contributed by atoms with van der Waals surface area (Å²) in [6.07, 6.45) is 8.78. The molecular weight excluding hydrogens is 428 g/mol. The Balaban J connectivity index is 1.58. The first-order valence-corrected chi connectivity index (χ1v) is 11.9. The van der Waals surface area contributed by atoms with Gasteiger partial charge in [0, 0.05) is 37.7 Å². The van der Waals surface area contributed by atoms with Gasteiger partial charge in [0.05, 0.1) is 27.7 Å². The van der Waals surface area contributed by atoms with Crippen molar-refractivity contribution in [1.82, 2.24) is 0 Å². The lowest BCUT2D eigenvalue weighted by atomic mass is 10.1. The van der Waals surface area contributed by atoms with Crippen LogP contribution in [0.1, 0.15) is 52.4 Å². The van der Waals surface area contributed by atoms with E-state index in [-0.39, 0.29) is 10.6 Å². The number of anilines is 1. The molecule has 8 heteroatoms. The second-order valence-electron chi connectivity index (χ2n) is 8.20. The number of hydrogen-bond acceptors (Lipinski definition) is 7. The highest BCUT2D eigenvalue weighted by atomic mass is 16.6. The first kappa shape index (κ1) is 25.0. The quantitative estimate of drug-likeness (QED) is 0.180. The SMILES string of the molecule is CCCCN(CCCC)c1ccc(N=Nc2ccc(N=NC3=CC=C([N+](=O)[O-])CC3)cc2)cc1. The minimum atomic E-state index is -0.359. The molecular formula is C26H32N6O2. The van der Waals surface area contributed by atoms with E-state index in [1.807, 2.05) is 36.4 Å². The molecule has 0 saturated heterocycles. The molecule has 0 fully saturated rings. The number of azo groups is 2. The minimum Gasteiger partial charge on any atom is -0.372 e. The molecule has 0 unspecified atom stereocenters. The van der Waals surface area contributed by atoms with Gasteiger partial charge < -0.3 is 4.90 Å². The summed E-state index contributed by atoms with van der Waals surface area (Å²) in [5.74, 6) is 0. The smallest absolute Gasteiger partial charge is 0.246 e. The van der Waals surface area contributed by atoms with Crippen molar-refractivity contribution in [3.8, 4) is 0 Å². The van der Waals surface area contributed by atoms with Gasteiger partial charge in [-0.2, -0.15) is 20.5 Å². The van der Waals surface area contributed by atoms with Gasteiger partial charge in [0.15, 0.2) is 0 Å². The van der Waals surface area contributed by atoms with E-state index in [0.717, 1.165) is 30.2 Å². The molecule has 0 radical (unpaired) electrons. The van der Waals surface area contributed by atoms with Crippen LogP contribution in [0.15, 0.2) is 92.5 Å². The summed E-state index contributed by atoms with van der Waals surface area (Å²) in [7, 11) is 0. The average molecular weight is 461 g/mol. The second kappa shape index (κ2) is 13.1. The van der Waals surface area contributed by atoms with Gasteiger partial charge in [-0.3, -0.25) is 10.1 Å². The number of benzene rings is 2. The molecule has 0 saturated carbocycles. The van der Waals surface area contributed by atoms with Crippen molar-refractivity contribution < 1.29 is 4.92 Å². The van der Waals surface area contributed by atoms with Crippen LogP contribution < -0.4 is 4.90 Å². The maximum atomic E-state index is 10.8. The largest absolute Gasteiger partial charge is 0.372 e. The van der Waals surface area contributed by atoms with Gasteiger partial charge in [0.25, 0.3) is 0 Å². The highest BCUT2D eigenvalue weighted by molar-refractivity contribution is 5.53. The second-order valence-corrected chi connectivity index (χ2v) is 8.20. The fourth-order valence-corrected chi connectivity index (χ4v) is 3.47. The summed E-state index contributed by atoms with van der Waals surface area (Å²) in [4.78, 5) is 12.8. The molecule has 2 aromatic carbocycles. The van der Waals surface area contributed by atoms with Crippen molar-refractivity contribution in [3.63, 3.8) is 0 Å². The van der Waals surface area contributed by atoms with Crippen LogP contribution in [0.25, 0.3) is 0 Å². The van der Waals surface area contributed by atoms with Gasteiger partial charge in [0.1, 0.15) is 0 Å². The van der Waals surface area contributed by atoms with Crippen LogP contribution in [0.5, 0.6) is 0 Å². The van der Waals surface area contributed by atoms with E-state index in [1.165, 1.54) is 37.4 Å². The molecule has 0 aliphatic heterocycles. The van der Waals surface area contributed by atoms with E-state index in [4.69, 9.17) is 0 Å². The zero-order valence-electron chi connectivity index (χ0n) is 19.9. The first-order valence-electron chi connectivity index (χ1n) is 11.9. The third-order valence-electron chi connectivity index (χ3n) is 5.54. The lowest BCUT2D eigenvalue weighted by Crippen LogP contribution is -2.25. The lowest BCUT2D eigenvalue weighted by Gasteiger charge is -2.24. The molecule has 34 heavy (non-hydrogen) atoms. The van der Waals surface area contributed by atoms with Crippen LogP contribution in [0.2, 0.25) is 0 Å². The molecule has 0 atom stereocenters. The standard InChI is InChI=1S/C26H32N6O2/c1-3-5-19-31(20-6-4-2)25-15-11-23(12-16-25)29-27-21-7-9-22(10-8-21)28-30-24-13-17-26(18-14-24)32(33)34/h7-13,15-17H,3-6,14,18-20H2,1-2H3. The molecule has 8 nitrogen and oxygen atoms in total. The maximum Gasteiger partial charge on any atom is 0.246 e. The van der Waals surface area contributed by atoms with Crippen LogP contribution in [0, 0.1) is 10.1 Å². The fraction of sp³-hybridized carbons (Fsp3) is 0.385. The third-order valence-corrected chi connectivity index (χ3v) is 5.54. The van der Waals surface area contributed by atoms with Gasteiger partial charge in [-0.1, -0.05) is 26.7 Å². The summed E-state index contributed by atoms with van der Waals surface area (Å²) in [6, 6.07) is 15.6. The Kier molecular flexibility index (Phi) is 9.64. The van der Waals surface area contributed by atoms with E-state index in [9.17, 15) is 10.1 Å². The average Bonchev–Trinajstić information content (AvgIpc) is 2.87. The number of allylic oxidation sites excluding steroid dienone is 4. The highest BCUT2D eigenvalue weighted by Crippen LogP contribution is 2.26. The van der Waals surface area contributed by atoms with Gasteiger partial charge in [-0.25, -0.2) is 0 Å². The Bertz CT molecular complexity index is 1050. The van der Waals surface area contributed by atoms with Crippen molar-refractivity contribution in [2.75, 3.05) is 18.0 Å². The summed E-state index contributed by atoms with van der Waals surface area (Å²) in [6.45, 7) is 6.60. The van der Waals surface area contributed by atoms with E-state index < -0.39 is 0 Å². The van der Waals surface area contributed by atoms with Crippen LogP contribution >= 0.6 is 0 Å². The molecule has 2 aromatic rings. The summed E-state index contributed by atoms with van der Waals surface area (Å²) >= 11 is 0. The topological polar surface area (TPSA) is 95.8 Å². The molecule has 0 spiro atoms. The molecule has 1 aliphatic carbocycles. The summed E-state index contributed by atoms with van der Waals surface area (Å²) < 4.78 is 0. The molecule has 3 rings (SSSR count). The van der Waals surface area contributed by atoms with Crippen molar-refractivity contribution in [2.45, 2.75) is 52.4 Å². The first-order chi connectivity index (χ1) is 16.6. The maximum absolute atomic E-state index is 10.8. The molecule has 1 aliphatic rings. The molecule has 0 amide bonds. The summed E-state index contributed by atoms with van der Waals surface area (Å²) in [5, 5.41) is 27.8. The van der Waals surface area contributed by atoms with Crippen molar-refractivity contribution in [3.05, 3.63) is 82.2 Å². The van der Waals surface area contributed by atoms with Gasteiger partial charge >= 0.3 is 0 Å². The predicted octanol–water partition coefficient (Wildman–Crippen LogP) is 8.43. The van der Waals surface area contributed by atoms with Crippen LogP contribution in [0.3, 0.4) is 0 Å². The highest BCUT2D eigenvalue weighted by Gasteiger charge is 2.14. The predicted molar refractivity (Wildman–Crippen MR) is 136 cm³/mol. The minimum absolute atomic E-state index is 0.202. The molecule has 0 bridgehead atoms. The van der Waals surface area contributed by atoms with Gasteiger partial charge in [-0.05, 0) is 67.4 Å². The van der Waals surface area contributed by atoms with Gasteiger partial charge in [-0.15, -0.1) is 0 Å². The van der Waals surface area contributed by atoms with E-state index in [1.54, 1.807) is 6.08 Å². The Morgan fingerprint density at radius 1 is 0.765 bits per heavy atom. The van der Waals surface area contributed by atoms with Crippen molar-refractivity contribution >= 4 is 22.7 Å². The Labute approximate surface area is 201 Å². The van der Waals surface area contributed by atoms with Gasteiger partial charge in [0.2, 0.25) is 5.70 Å². The van der Waals surface area contributed by atoms with Crippen LogP contribution in [-0.4, -0.2) is 18.0 Å². The molecule has 0 heterocycles. The number of nitrogens with zero attached hydrogens (tertiary/aromatic N) is 6. The zero-order chi connectivity index (χ0) is 24.2. The molecule has 0 aromatic heterocycles. The van der Waals surface area contributed by atoms with Crippen LogP contribution in [-0.2, 0) is 0 Å². The number of nitro groups is 1. The molecule has 0 N–H and O–H groups in total. The molecule has 178 valence electrons.